The second-order valence-electron chi connectivity index (χ2n) is 7.52. The van der Waals surface area contributed by atoms with Crippen LogP contribution in [0.2, 0.25) is 0 Å². The van der Waals surface area contributed by atoms with E-state index in [9.17, 15) is 9.36 Å². The van der Waals surface area contributed by atoms with Crippen molar-refractivity contribution in [3.8, 4) is 11.5 Å². The Kier molecular flexibility index (Phi) is 8.73. The Bertz CT molecular complexity index is 860. The lowest BCUT2D eigenvalue weighted by Crippen LogP contribution is -2.08. The van der Waals surface area contributed by atoms with Crippen LogP contribution in [0, 0.1) is 0 Å². The highest BCUT2D eigenvalue weighted by Gasteiger charge is 2.29. The van der Waals surface area contributed by atoms with E-state index in [-0.39, 0.29) is 24.6 Å². The van der Waals surface area contributed by atoms with Gasteiger partial charge in [-0.05, 0) is 42.0 Å². The van der Waals surface area contributed by atoms with Crippen LogP contribution in [-0.2, 0) is 14.1 Å². The summed E-state index contributed by atoms with van der Waals surface area (Å²) in [5, 5.41) is 0. The monoisotopic (exact) mass is 430 g/mol. The third kappa shape index (κ3) is 6.77. The summed E-state index contributed by atoms with van der Waals surface area (Å²) in [6.45, 7) is 10.2. The van der Waals surface area contributed by atoms with Crippen LogP contribution < -0.4 is 9.05 Å². The molecule has 0 radical (unpaired) electrons. The first-order valence-corrected chi connectivity index (χ1v) is 12.0. The summed E-state index contributed by atoms with van der Waals surface area (Å²) in [5.74, 6) is 0.916. The molecule has 5 nitrogen and oxygen atoms in total. The quantitative estimate of drug-likeness (QED) is 0.238. The van der Waals surface area contributed by atoms with Crippen molar-refractivity contribution in [1.29, 1.82) is 0 Å². The molecule has 0 atom stereocenters. The largest absolute Gasteiger partial charge is 0.463 e. The first-order valence-electron chi connectivity index (χ1n) is 10.2. The number of carbonyl (C=O) groups excluding carboxylic acids is 1. The molecule has 2 rings (SSSR count). The molecular weight excluding hydrogens is 399 g/mol. The van der Waals surface area contributed by atoms with Crippen LogP contribution in [0.5, 0.6) is 11.5 Å². The molecule has 6 heteroatoms. The zero-order chi connectivity index (χ0) is 22.1. The minimum Gasteiger partial charge on any atom is -0.463 e. The number of hydrogen-bond acceptors (Lipinski definition) is 5. The molecule has 2 aromatic rings. The Morgan fingerprint density at radius 2 is 1.37 bits per heavy atom. The van der Waals surface area contributed by atoms with Gasteiger partial charge in [0.05, 0.1) is 12.8 Å². The van der Waals surface area contributed by atoms with Gasteiger partial charge in [0, 0.05) is 6.08 Å². The van der Waals surface area contributed by atoms with Gasteiger partial charge in [0.25, 0.3) is 0 Å². The summed E-state index contributed by atoms with van der Waals surface area (Å²) >= 11 is 0. The summed E-state index contributed by atoms with van der Waals surface area (Å²) in [4.78, 5) is 11.7. The second kappa shape index (κ2) is 11.0. The fourth-order valence-electron chi connectivity index (χ4n) is 2.94. The van der Waals surface area contributed by atoms with Crippen molar-refractivity contribution in [3.05, 3.63) is 71.8 Å². The summed E-state index contributed by atoms with van der Waals surface area (Å²) in [7, 11) is -3.67. The zero-order valence-electron chi connectivity index (χ0n) is 18.3. The number of para-hydroxylation sites is 2. The number of hydrogen-bond donors (Lipinski definition) is 0. The van der Waals surface area contributed by atoms with Crippen molar-refractivity contribution >= 4 is 13.6 Å². The van der Waals surface area contributed by atoms with Crippen LogP contribution in [0.4, 0.5) is 0 Å². The van der Waals surface area contributed by atoms with E-state index in [2.05, 4.69) is 0 Å². The molecule has 0 aliphatic rings. The summed E-state index contributed by atoms with van der Waals surface area (Å²) in [6.07, 6.45) is 2.67. The molecule has 0 unspecified atom stereocenters. The van der Waals surface area contributed by atoms with E-state index in [4.69, 9.17) is 13.8 Å². The maximum absolute atomic E-state index is 13.8. The molecule has 0 N–H and O–H groups in total. The van der Waals surface area contributed by atoms with Crippen LogP contribution in [0.15, 0.2) is 60.7 Å². The molecule has 162 valence electrons. The summed E-state index contributed by atoms with van der Waals surface area (Å²) in [6, 6.07) is 15.0. The number of ether oxygens (including phenoxy) is 1. The molecule has 0 spiro atoms. The first kappa shape index (κ1) is 23.8. The molecule has 0 saturated heterocycles. The van der Waals surface area contributed by atoms with Crippen molar-refractivity contribution < 1.29 is 23.1 Å². The van der Waals surface area contributed by atoms with Crippen molar-refractivity contribution in [2.24, 2.45) is 0 Å². The number of rotatable bonds is 10. The van der Waals surface area contributed by atoms with E-state index >= 15 is 0 Å². The SMILES string of the molecule is CCOC(=O)/C=C/CP(=O)(Oc1ccccc1C(C)C)Oc1ccccc1C(C)C. The molecular formula is C24H31O5P. The smallest absolute Gasteiger partial charge is 0.434 e. The standard InChI is InChI=1S/C24H31O5P/c1-6-27-24(25)16-11-17-30(26,28-22-14-9-7-12-20(22)18(2)3)29-23-15-10-8-13-21(23)19(4)5/h7-16,18-19H,6,17H2,1-5H3/b16-11+. The molecule has 0 saturated carbocycles. The van der Waals surface area contributed by atoms with Gasteiger partial charge in [-0.3, -0.25) is 0 Å². The van der Waals surface area contributed by atoms with E-state index in [0.717, 1.165) is 11.1 Å². The minimum absolute atomic E-state index is 0.0648. The normalized spacial score (nSPS) is 11.8. The van der Waals surface area contributed by atoms with E-state index in [0.29, 0.717) is 11.5 Å². The van der Waals surface area contributed by atoms with Gasteiger partial charge in [0.2, 0.25) is 0 Å². The Labute approximate surface area is 179 Å². The Morgan fingerprint density at radius 1 is 0.900 bits per heavy atom. The summed E-state index contributed by atoms with van der Waals surface area (Å²) < 4.78 is 30.7. The number of benzene rings is 2. The number of carbonyl (C=O) groups is 1. The molecule has 0 aromatic heterocycles. The van der Waals surface area contributed by atoms with Crippen molar-refractivity contribution in [2.45, 2.75) is 46.5 Å². The fourth-order valence-corrected chi connectivity index (χ4v) is 4.42. The third-order valence-electron chi connectivity index (χ3n) is 4.43. The van der Waals surface area contributed by atoms with E-state index in [1.807, 2.05) is 64.1 Å². The first-order chi connectivity index (χ1) is 14.3. The van der Waals surface area contributed by atoms with Gasteiger partial charge >= 0.3 is 13.6 Å². The van der Waals surface area contributed by atoms with Gasteiger partial charge in [-0.2, -0.15) is 0 Å². The maximum Gasteiger partial charge on any atom is 0.434 e. The van der Waals surface area contributed by atoms with Gasteiger partial charge in [-0.15, -0.1) is 0 Å². The lowest BCUT2D eigenvalue weighted by Gasteiger charge is -2.23. The molecule has 0 amide bonds. The molecule has 0 aliphatic heterocycles. The predicted octanol–water partition coefficient (Wildman–Crippen LogP) is 6.70. The molecule has 0 heterocycles. The number of allylic oxidation sites excluding steroid dienone is 1. The van der Waals surface area contributed by atoms with Gasteiger partial charge in [0.15, 0.2) is 0 Å². The average molecular weight is 430 g/mol. The number of esters is 1. The highest BCUT2D eigenvalue weighted by atomic mass is 31.2. The van der Waals surface area contributed by atoms with Crippen molar-refractivity contribution in [2.75, 3.05) is 12.8 Å². The van der Waals surface area contributed by atoms with Gasteiger partial charge in [-0.25, -0.2) is 9.36 Å². The highest BCUT2D eigenvalue weighted by Crippen LogP contribution is 2.51. The molecule has 0 bridgehead atoms. The van der Waals surface area contributed by atoms with Crippen LogP contribution in [-0.4, -0.2) is 18.7 Å². The molecule has 0 fully saturated rings. The van der Waals surface area contributed by atoms with Gasteiger partial charge < -0.3 is 13.8 Å². The van der Waals surface area contributed by atoms with Crippen LogP contribution in [0.1, 0.15) is 57.6 Å². The molecule has 0 aliphatic carbocycles. The topological polar surface area (TPSA) is 61.8 Å². The highest BCUT2D eigenvalue weighted by molar-refractivity contribution is 7.54. The minimum atomic E-state index is -3.67. The van der Waals surface area contributed by atoms with Crippen LogP contribution in [0.3, 0.4) is 0 Å². The zero-order valence-corrected chi connectivity index (χ0v) is 19.2. The Balaban J connectivity index is 2.38. The summed E-state index contributed by atoms with van der Waals surface area (Å²) in [5.41, 5.74) is 1.88. The van der Waals surface area contributed by atoms with E-state index in [1.165, 1.54) is 12.2 Å². The third-order valence-corrected chi connectivity index (χ3v) is 6.03. The Hall–Kier alpha value is -2.52. The van der Waals surface area contributed by atoms with Crippen LogP contribution >= 0.6 is 7.60 Å². The molecule has 2 aromatic carbocycles. The van der Waals surface area contributed by atoms with Gasteiger partial charge in [0.1, 0.15) is 11.5 Å². The van der Waals surface area contributed by atoms with Crippen molar-refractivity contribution in [3.63, 3.8) is 0 Å². The van der Waals surface area contributed by atoms with E-state index in [1.54, 1.807) is 19.1 Å². The average Bonchev–Trinajstić information content (AvgIpc) is 2.68. The van der Waals surface area contributed by atoms with Crippen LogP contribution in [0.25, 0.3) is 0 Å². The lowest BCUT2D eigenvalue weighted by molar-refractivity contribution is -0.137. The maximum atomic E-state index is 13.8. The fraction of sp³-hybridized carbons (Fsp3) is 0.375. The van der Waals surface area contributed by atoms with Gasteiger partial charge in [-0.1, -0.05) is 70.2 Å². The second-order valence-corrected chi connectivity index (χ2v) is 9.47. The van der Waals surface area contributed by atoms with Crippen molar-refractivity contribution in [1.82, 2.24) is 0 Å². The molecule has 30 heavy (non-hydrogen) atoms. The lowest BCUT2D eigenvalue weighted by atomic mass is 10.0. The van der Waals surface area contributed by atoms with E-state index < -0.39 is 13.6 Å². The predicted molar refractivity (Wildman–Crippen MR) is 121 cm³/mol. The Morgan fingerprint density at radius 3 is 1.80 bits per heavy atom.